The molecule has 8 heteroatoms. The third-order valence-electron chi connectivity index (χ3n) is 12.1. The van der Waals surface area contributed by atoms with Crippen molar-refractivity contribution < 1.29 is 24.2 Å². The highest BCUT2D eigenvalue weighted by atomic mass is 32.2. The summed E-state index contributed by atoms with van der Waals surface area (Å²) in [5, 5.41) is 15.1. The van der Waals surface area contributed by atoms with Crippen molar-refractivity contribution in [2.45, 2.75) is 129 Å². The second-order valence-electron chi connectivity index (χ2n) is 14.6. The van der Waals surface area contributed by atoms with E-state index in [4.69, 9.17) is 10.5 Å². The van der Waals surface area contributed by atoms with Gasteiger partial charge in [0.05, 0.1) is 17.9 Å². The Morgan fingerprint density at radius 2 is 1.83 bits per heavy atom. The number of nitrogens with one attached hydrogen (secondary N) is 1. The largest absolute Gasteiger partial charge is 0.461 e. The first-order valence-corrected chi connectivity index (χ1v) is 17.0. The number of hydrogen-bond donors (Lipinski definition) is 3. The lowest BCUT2D eigenvalue weighted by molar-refractivity contribution is -0.205. The monoisotopic (exact) mass is 590 g/mol. The van der Waals surface area contributed by atoms with Gasteiger partial charge in [-0.15, -0.1) is 18.3 Å². The summed E-state index contributed by atoms with van der Waals surface area (Å²) in [7, 11) is 0. The lowest BCUT2D eigenvalue weighted by Crippen LogP contribution is -2.63. The van der Waals surface area contributed by atoms with Crippen molar-refractivity contribution >= 4 is 29.4 Å². The first-order chi connectivity index (χ1) is 19.2. The minimum Gasteiger partial charge on any atom is -0.461 e. The number of ether oxygens (including phenoxy) is 1. The molecule has 4 aliphatic rings. The van der Waals surface area contributed by atoms with Crippen molar-refractivity contribution in [1.29, 1.82) is 0 Å². The fourth-order valence-electron chi connectivity index (χ4n) is 8.85. The number of aliphatic hydroxyl groups is 1. The minimum absolute atomic E-state index is 0.0398. The predicted octanol–water partition coefficient (Wildman–Crippen LogP) is 5.04. The van der Waals surface area contributed by atoms with Gasteiger partial charge in [0.1, 0.15) is 11.9 Å². The average Bonchev–Trinajstić information content (AvgIpc) is 3.30. The first-order valence-electron chi connectivity index (χ1n) is 15.9. The van der Waals surface area contributed by atoms with Gasteiger partial charge in [0.2, 0.25) is 5.91 Å². The highest BCUT2D eigenvalue weighted by molar-refractivity contribution is 8.00. The Labute approximate surface area is 251 Å². The number of Topliss-reactive ketones (excluding diaryl/α,β-unsaturated/α-hetero) is 1. The number of carbonyl (C=O) groups is 3. The number of thioether (sulfide) groups is 1. The van der Waals surface area contributed by atoms with Crippen LogP contribution in [0.1, 0.15) is 99.3 Å². The van der Waals surface area contributed by atoms with Gasteiger partial charge in [0.15, 0.2) is 0 Å². The van der Waals surface area contributed by atoms with Crippen LogP contribution in [0, 0.1) is 39.9 Å². The molecule has 4 aliphatic carbocycles. The van der Waals surface area contributed by atoms with Gasteiger partial charge in [-0.1, -0.05) is 47.6 Å². The molecule has 2 unspecified atom stereocenters. The van der Waals surface area contributed by atoms with Gasteiger partial charge in [-0.25, -0.2) is 0 Å². The Morgan fingerprint density at radius 3 is 2.44 bits per heavy atom. The molecular weight excluding hydrogens is 536 g/mol. The summed E-state index contributed by atoms with van der Waals surface area (Å²) in [5.74, 6) is 0.272. The highest BCUT2D eigenvalue weighted by Gasteiger charge is 2.68. The van der Waals surface area contributed by atoms with Crippen LogP contribution in [0.3, 0.4) is 0 Å². The predicted molar refractivity (Wildman–Crippen MR) is 164 cm³/mol. The Balaban J connectivity index is 1.44. The molecule has 4 rings (SSSR count). The van der Waals surface area contributed by atoms with Crippen LogP contribution in [-0.4, -0.2) is 58.1 Å². The van der Waals surface area contributed by atoms with Gasteiger partial charge >= 0.3 is 5.97 Å². The molecule has 4 N–H and O–H groups in total. The number of hydrogen-bond acceptors (Lipinski definition) is 7. The van der Waals surface area contributed by atoms with Crippen LogP contribution in [0.15, 0.2) is 12.7 Å². The number of carbonyl (C=O) groups excluding carboxylic acids is 3. The van der Waals surface area contributed by atoms with Crippen molar-refractivity contribution in [2.75, 3.05) is 5.75 Å². The maximum Gasteiger partial charge on any atom is 0.316 e. The summed E-state index contributed by atoms with van der Waals surface area (Å²) in [6.07, 6.45) is 8.00. The Hall–Kier alpha value is -1.38. The number of ketones is 1. The molecule has 0 heterocycles. The zero-order valence-electron chi connectivity index (χ0n) is 26.1. The fraction of sp³-hybridized carbons (Fsp3) is 0.848. The van der Waals surface area contributed by atoms with Crippen LogP contribution in [0.2, 0.25) is 0 Å². The smallest absolute Gasteiger partial charge is 0.316 e. The molecule has 0 saturated heterocycles. The fourth-order valence-corrected chi connectivity index (χ4v) is 9.90. The van der Waals surface area contributed by atoms with Crippen molar-refractivity contribution in [3.05, 3.63) is 12.7 Å². The number of aliphatic hydroxyl groups excluding tert-OH is 1. The molecule has 0 spiro atoms. The molecule has 2 bridgehead atoms. The number of esters is 1. The standard InChI is InChI=1S/C33H54N2O5S/c1-8-31(6)17-25(32(7)20(4)13-15-33(21(5)29(31)38)16-14-24(36)28(32)33)40-26(37)18-41-23-11-9-22(10-12-23)35-30(39)27(34)19(2)3/h8,19-23,25,27-29,38H,1,9-18,34H2,2-7H3,(H,35,39)/t20-,21+,22?,23?,25-,27?,28?,29+,31-,32+,33+/m1/s1. The summed E-state index contributed by atoms with van der Waals surface area (Å²) in [6, 6.07) is -0.357. The molecule has 0 aromatic carbocycles. The van der Waals surface area contributed by atoms with Crippen LogP contribution < -0.4 is 11.1 Å². The van der Waals surface area contributed by atoms with Gasteiger partial charge in [-0.2, -0.15) is 0 Å². The summed E-state index contributed by atoms with van der Waals surface area (Å²) >= 11 is 1.64. The van der Waals surface area contributed by atoms with Crippen LogP contribution >= 0.6 is 11.8 Å². The normalized spacial score (nSPS) is 43.4. The first kappa shape index (κ1) is 32.5. The molecule has 9 atom stereocenters. The van der Waals surface area contributed by atoms with Crippen molar-refractivity contribution in [3.63, 3.8) is 0 Å². The van der Waals surface area contributed by atoms with Gasteiger partial charge in [0, 0.05) is 34.5 Å². The Kier molecular flexibility index (Phi) is 9.77. The van der Waals surface area contributed by atoms with Crippen LogP contribution in [0.5, 0.6) is 0 Å². The van der Waals surface area contributed by atoms with E-state index in [0.717, 1.165) is 44.9 Å². The molecule has 232 valence electrons. The molecule has 0 aromatic heterocycles. The molecule has 4 saturated carbocycles. The average molecular weight is 591 g/mol. The Bertz CT molecular complexity index is 1010. The van der Waals surface area contributed by atoms with Gasteiger partial charge < -0.3 is 20.9 Å². The maximum absolute atomic E-state index is 13.6. The summed E-state index contributed by atoms with van der Waals surface area (Å²) in [4.78, 5) is 39.4. The summed E-state index contributed by atoms with van der Waals surface area (Å²) < 4.78 is 6.39. The number of amides is 1. The topological polar surface area (TPSA) is 119 Å². The van der Waals surface area contributed by atoms with E-state index < -0.39 is 29.1 Å². The molecule has 41 heavy (non-hydrogen) atoms. The van der Waals surface area contributed by atoms with E-state index >= 15 is 0 Å². The van der Waals surface area contributed by atoms with Gasteiger partial charge in [0.25, 0.3) is 0 Å². The molecule has 0 aliphatic heterocycles. The van der Waals surface area contributed by atoms with E-state index in [9.17, 15) is 19.5 Å². The van der Waals surface area contributed by atoms with E-state index in [1.54, 1.807) is 11.8 Å². The van der Waals surface area contributed by atoms with Gasteiger partial charge in [-0.3, -0.25) is 14.4 Å². The molecule has 4 fully saturated rings. The molecule has 7 nitrogen and oxygen atoms in total. The van der Waals surface area contributed by atoms with E-state index in [-0.39, 0.29) is 58.5 Å². The third-order valence-corrected chi connectivity index (χ3v) is 13.4. The minimum atomic E-state index is -0.660. The van der Waals surface area contributed by atoms with Crippen molar-refractivity contribution in [2.24, 2.45) is 45.7 Å². The van der Waals surface area contributed by atoms with E-state index in [0.29, 0.717) is 18.1 Å². The van der Waals surface area contributed by atoms with Crippen LogP contribution in [0.25, 0.3) is 0 Å². The van der Waals surface area contributed by atoms with E-state index in [1.165, 1.54) is 0 Å². The lowest BCUT2D eigenvalue weighted by atomic mass is 9.44. The second kappa shape index (κ2) is 12.3. The molecule has 0 radical (unpaired) electrons. The number of rotatable bonds is 8. The SMILES string of the molecule is C=C[C@]1(C)C[C@@H](OC(=O)CSC2CCC(NC(=O)C(N)C(C)C)CC2)[C@@]2(C)C3C(=O)CC[C@@]3(CC[C@H]2C)[C@@H](C)[C@@H]1O. The molecule has 0 aromatic rings. The van der Waals surface area contributed by atoms with E-state index in [2.05, 4.69) is 32.7 Å². The zero-order chi connectivity index (χ0) is 30.3. The van der Waals surface area contributed by atoms with Crippen LogP contribution in [0.4, 0.5) is 0 Å². The quantitative estimate of drug-likeness (QED) is 0.268. The summed E-state index contributed by atoms with van der Waals surface area (Å²) in [6.45, 7) is 16.5. The highest BCUT2D eigenvalue weighted by Crippen LogP contribution is 2.68. The molecular formula is C33H54N2O5S. The number of nitrogens with two attached hydrogens (primary N) is 1. The Morgan fingerprint density at radius 1 is 1.17 bits per heavy atom. The summed E-state index contributed by atoms with van der Waals surface area (Å²) in [5.41, 5.74) is 4.62. The lowest BCUT2D eigenvalue weighted by Gasteiger charge is -2.61. The molecule has 1 amide bonds. The van der Waals surface area contributed by atoms with Crippen LogP contribution in [-0.2, 0) is 19.1 Å². The van der Waals surface area contributed by atoms with E-state index in [1.807, 2.05) is 26.8 Å². The van der Waals surface area contributed by atoms with Crippen molar-refractivity contribution in [1.82, 2.24) is 5.32 Å². The third kappa shape index (κ3) is 5.91. The van der Waals surface area contributed by atoms with Gasteiger partial charge in [-0.05, 0) is 74.5 Å². The van der Waals surface area contributed by atoms with Crippen molar-refractivity contribution in [3.8, 4) is 0 Å². The maximum atomic E-state index is 13.6. The zero-order valence-corrected chi connectivity index (χ0v) is 26.9. The second-order valence-corrected chi connectivity index (χ2v) is 15.9.